The quantitative estimate of drug-likeness (QED) is 0.653. The molecule has 0 aliphatic rings. The van der Waals surface area contributed by atoms with Crippen molar-refractivity contribution in [1.82, 2.24) is 4.98 Å². The second-order valence-corrected chi connectivity index (χ2v) is 8.43. The Bertz CT molecular complexity index is 1060. The van der Waals surface area contributed by atoms with E-state index in [1.54, 1.807) is 49.5 Å². The summed E-state index contributed by atoms with van der Waals surface area (Å²) in [6.45, 7) is 1.56. The highest BCUT2D eigenvalue weighted by Crippen LogP contribution is 2.28. The van der Waals surface area contributed by atoms with Crippen molar-refractivity contribution < 1.29 is 17.6 Å². The molecule has 1 N–H and O–H groups in total. The lowest BCUT2D eigenvalue weighted by molar-refractivity contribution is 0.103. The fraction of sp³-hybridized carbons (Fsp3) is 0.150. The summed E-state index contributed by atoms with van der Waals surface area (Å²) >= 11 is 0. The lowest BCUT2D eigenvalue weighted by Gasteiger charge is -2.23. The highest BCUT2D eigenvalue weighted by Gasteiger charge is 2.28. The van der Waals surface area contributed by atoms with Crippen LogP contribution in [0.1, 0.15) is 33.7 Å². The zero-order valence-electron chi connectivity index (χ0n) is 14.9. The molecule has 5 nitrogen and oxygen atoms in total. The van der Waals surface area contributed by atoms with Crippen molar-refractivity contribution in [2.24, 2.45) is 0 Å². The van der Waals surface area contributed by atoms with Gasteiger partial charge >= 0.3 is 0 Å². The van der Waals surface area contributed by atoms with Crippen molar-refractivity contribution in [3.63, 3.8) is 0 Å². The summed E-state index contributed by atoms with van der Waals surface area (Å²) in [6.07, 6.45) is 1.64. The number of halogens is 1. The number of carbonyl (C=O) groups excluding carboxylic acids is 1. The molecule has 1 atom stereocenters. The van der Waals surface area contributed by atoms with Gasteiger partial charge in [-0.15, -0.1) is 0 Å². The van der Waals surface area contributed by atoms with Gasteiger partial charge in [-0.3, -0.25) is 9.10 Å². The third-order valence-corrected chi connectivity index (χ3v) is 6.61. The lowest BCUT2D eigenvalue weighted by Crippen LogP contribution is -2.30. The molecule has 0 saturated heterocycles. The van der Waals surface area contributed by atoms with Gasteiger partial charge < -0.3 is 4.98 Å². The Morgan fingerprint density at radius 3 is 2.48 bits per heavy atom. The smallest absolute Gasteiger partial charge is 0.242 e. The average Bonchev–Trinajstić information content (AvgIpc) is 3.21. The van der Waals surface area contributed by atoms with Gasteiger partial charge in [-0.25, -0.2) is 12.8 Å². The normalized spacial score (nSPS) is 12.6. The molecule has 0 amide bonds. The molecule has 0 bridgehead atoms. The van der Waals surface area contributed by atoms with Crippen LogP contribution in [0.4, 0.5) is 10.2 Å². The number of aromatic nitrogens is 1. The number of nitrogens with one attached hydrogen (secondary N) is 1. The standard InChI is InChI=1S/C20H19FN2O3S/c1-14(27(25,26)23(2)19-11-6-12-22-19)15-7-5-8-16(13-15)20(24)17-9-3-4-10-18(17)21/h3-14,22H,1-2H3. The molecule has 0 aliphatic heterocycles. The Morgan fingerprint density at radius 2 is 1.81 bits per heavy atom. The number of nitrogens with zero attached hydrogens (tertiary/aromatic N) is 1. The van der Waals surface area contributed by atoms with Crippen LogP contribution in [0.25, 0.3) is 0 Å². The summed E-state index contributed by atoms with van der Waals surface area (Å²) in [5, 5.41) is -0.890. The molecule has 7 heteroatoms. The first-order valence-corrected chi connectivity index (χ1v) is 9.83. The summed E-state index contributed by atoms with van der Waals surface area (Å²) in [4.78, 5) is 15.5. The molecule has 0 fully saturated rings. The molecular weight excluding hydrogens is 367 g/mol. The van der Waals surface area contributed by atoms with E-state index in [-0.39, 0.29) is 11.1 Å². The monoisotopic (exact) mass is 386 g/mol. The Kier molecular flexibility index (Phi) is 5.14. The van der Waals surface area contributed by atoms with E-state index < -0.39 is 26.9 Å². The molecule has 3 aromatic rings. The molecule has 2 aromatic carbocycles. The van der Waals surface area contributed by atoms with Crippen molar-refractivity contribution in [1.29, 1.82) is 0 Å². The number of hydrogen-bond acceptors (Lipinski definition) is 3. The van der Waals surface area contributed by atoms with E-state index in [9.17, 15) is 17.6 Å². The van der Waals surface area contributed by atoms with Crippen molar-refractivity contribution in [2.45, 2.75) is 12.2 Å². The third-order valence-electron chi connectivity index (χ3n) is 4.49. The molecule has 0 saturated carbocycles. The number of carbonyl (C=O) groups is 1. The van der Waals surface area contributed by atoms with Gasteiger partial charge in [0.1, 0.15) is 16.9 Å². The highest BCUT2D eigenvalue weighted by molar-refractivity contribution is 7.93. The number of anilines is 1. The van der Waals surface area contributed by atoms with Gasteiger partial charge in [0.25, 0.3) is 0 Å². The van der Waals surface area contributed by atoms with Crippen LogP contribution in [0, 0.1) is 5.82 Å². The largest absolute Gasteiger partial charge is 0.348 e. The number of sulfonamides is 1. The van der Waals surface area contributed by atoms with Crippen LogP contribution in [-0.4, -0.2) is 26.2 Å². The van der Waals surface area contributed by atoms with E-state index in [4.69, 9.17) is 0 Å². The molecule has 27 heavy (non-hydrogen) atoms. The molecule has 0 radical (unpaired) electrons. The number of H-pyrrole nitrogens is 1. The zero-order valence-corrected chi connectivity index (χ0v) is 15.7. The van der Waals surface area contributed by atoms with E-state index >= 15 is 0 Å². The summed E-state index contributed by atoms with van der Waals surface area (Å²) < 4.78 is 40.9. The second-order valence-electron chi connectivity index (χ2n) is 6.14. The summed E-state index contributed by atoms with van der Waals surface area (Å²) in [7, 11) is -2.25. The molecule has 140 valence electrons. The van der Waals surface area contributed by atoms with Crippen LogP contribution >= 0.6 is 0 Å². The van der Waals surface area contributed by atoms with Gasteiger partial charge in [0.15, 0.2) is 5.78 Å². The van der Waals surface area contributed by atoms with Crippen molar-refractivity contribution >= 4 is 21.6 Å². The van der Waals surface area contributed by atoms with Crippen LogP contribution in [0.3, 0.4) is 0 Å². The molecule has 1 unspecified atom stereocenters. The first-order chi connectivity index (χ1) is 12.8. The number of rotatable bonds is 6. The molecule has 1 aromatic heterocycles. The van der Waals surface area contributed by atoms with E-state index in [1.165, 1.54) is 35.6 Å². The minimum Gasteiger partial charge on any atom is -0.348 e. The predicted octanol–water partition coefficient (Wildman–Crippen LogP) is 3.91. The first-order valence-electron chi connectivity index (χ1n) is 8.32. The van der Waals surface area contributed by atoms with Crippen LogP contribution in [-0.2, 0) is 10.0 Å². The fourth-order valence-corrected chi connectivity index (χ4v) is 4.15. The predicted molar refractivity (Wildman–Crippen MR) is 103 cm³/mol. The Morgan fingerprint density at radius 1 is 1.07 bits per heavy atom. The summed E-state index contributed by atoms with van der Waals surface area (Å²) in [5.74, 6) is -0.655. The van der Waals surface area contributed by atoms with Crippen molar-refractivity contribution in [2.75, 3.05) is 11.4 Å². The van der Waals surface area contributed by atoms with E-state index in [1.807, 2.05) is 0 Å². The minimum absolute atomic E-state index is 0.0475. The second kappa shape index (κ2) is 7.36. The fourth-order valence-electron chi connectivity index (χ4n) is 2.80. The Hall–Kier alpha value is -2.93. The zero-order chi connectivity index (χ0) is 19.6. The molecule has 3 rings (SSSR count). The van der Waals surface area contributed by atoms with Crippen molar-refractivity contribution in [3.05, 3.63) is 89.4 Å². The van der Waals surface area contributed by atoms with Gasteiger partial charge in [0.2, 0.25) is 10.0 Å². The van der Waals surface area contributed by atoms with Gasteiger partial charge in [-0.2, -0.15) is 0 Å². The topological polar surface area (TPSA) is 70.2 Å². The van der Waals surface area contributed by atoms with Gasteiger partial charge in [0.05, 0.1) is 5.56 Å². The molecule has 0 aliphatic carbocycles. The molecule has 1 heterocycles. The highest BCUT2D eigenvalue weighted by atomic mass is 32.2. The molecular formula is C20H19FN2O3S. The van der Waals surface area contributed by atoms with Crippen LogP contribution in [0.5, 0.6) is 0 Å². The number of benzene rings is 2. The SMILES string of the molecule is CC(c1cccc(C(=O)c2ccccc2F)c1)S(=O)(=O)N(C)c1ccc[nH]1. The third kappa shape index (κ3) is 3.64. The number of hydrogen-bond donors (Lipinski definition) is 1. The van der Waals surface area contributed by atoms with Gasteiger partial charge in [0, 0.05) is 18.8 Å². The van der Waals surface area contributed by atoms with Gasteiger partial charge in [-0.1, -0.05) is 30.3 Å². The maximum atomic E-state index is 13.9. The van der Waals surface area contributed by atoms with Crippen LogP contribution < -0.4 is 4.31 Å². The average molecular weight is 386 g/mol. The first kappa shape index (κ1) is 18.8. The van der Waals surface area contributed by atoms with E-state index in [0.717, 1.165) is 0 Å². The van der Waals surface area contributed by atoms with Gasteiger partial charge in [-0.05, 0) is 42.8 Å². The Balaban J connectivity index is 1.93. The summed E-state index contributed by atoms with van der Waals surface area (Å²) in [6, 6.07) is 15.4. The van der Waals surface area contributed by atoms with E-state index in [2.05, 4.69) is 4.98 Å². The Labute approximate surface area is 157 Å². The van der Waals surface area contributed by atoms with Crippen LogP contribution in [0.2, 0.25) is 0 Å². The van der Waals surface area contributed by atoms with Crippen LogP contribution in [0.15, 0.2) is 66.9 Å². The number of aromatic amines is 1. The maximum Gasteiger partial charge on any atom is 0.242 e. The lowest BCUT2D eigenvalue weighted by atomic mass is 10.00. The summed E-state index contributed by atoms with van der Waals surface area (Å²) in [5.41, 5.74) is 0.645. The molecule has 0 spiro atoms. The number of ketones is 1. The van der Waals surface area contributed by atoms with Crippen molar-refractivity contribution in [3.8, 4) is 0 Å². The maximum absolute atomic E-state index is 13.9. The van der Waals surface area contributed by atoms with E-state index in [0.29, 0.717) is 11.4 Å². The minimum atomic E-state index is -3.71.